The molecule has 4 heteroatoms. The Morgan fingerprint density at radius 1 is 0.857 bits per heavy atom. The van der Waals surface area contributed by atoms with Gasteiger partial charge >= 0.3 is 0 Å². The van der Waals surface area contributed by atoms with Crippen molar-refractivity contribution in [2.24, 2.45) is 0 Å². The molecule has 2 aromatic carbocycles. The second kappa shape index (κ2) is 6.50. The van der Waals surface area contributed by atoms with Crippen molar-refractivity contribution in [3.05, 3.63) is 57.1 Å². The van der Waals surface area contributed by atoms with E-state index < -0.39 is 6.10 Å². The Morgan fingerprint density at radius 2 is 1.29 bits per heavy atom. The Morgan fingerprint density at radius 3 is 1.71 bits per heavy atom. The number of rotatable bonds is 4. The molecule has 0 heterocycles. The van der Waals surface area contributed by atoms with Gasteiger partial charge in [0.25, 0.3) is 0 Å². The number of aliphatic hydroxyl groups is 1. The minimum absolute atomic E-state index is 0.661. The lowest BCUT2D eigenvalue weighted by molar-refractivity contribution is 0.219. The number of aliphatic hydroxyl groups excluding tert-OH is 1. The topological polar surface area (TPSA) is 38.7 Å². The second-order valence-corrected chi connectivity index (χ2v) is 5.81. The van der Waals surface area contributed by atoms with E-state index in [9.17, 15) is 5.11 Å². The summed E-state index contributed by atoms with van der Waals surface area (Å²) < 4.78 is 11.6. The first-order valence-electron chi connectivity index (χ1n) is 6.64. The predicted octanol–water partition coefficient (Wildman–Crippen LogP) is 4.16. The molecule has 0 aliphatic rings. The first kappa shape index (κ1) is 15.9. The number of hydrogen-bond donors (Lipinski definition) is 1. The van der Waals surface area contributed by atoms with Crippen LogP contribution in [0.5, 0.6) is 11.5 Å². The minimum atomic E-state index is -0.723. The summed E-state index contributed by atoms with van der Waals surface area (Å²) in [5.74, 6) is 1.32. The van der Waals surface area contributed by atoms with E-state index >= 15 is 0 Å². The van der Waals surface area contributed by atoms with Crippen LogP contribution in [0.15, 0.2) is 34.8 Å². The molecule has 0 saturated heterocycles. The highest BCUT2D eigenvalue weighted by atomic mass is 79.9. The summed E-state index contributed by atoms with van der Waals surface area (Å²) in [5.41, 5.74) is 3.79. The van der Waals surface area contributed by atoms with E-state index in [0.29, 0.717) is 11.5 Å². The van der Waals surface area contributed by atoms with Gasteiger partial charge in [-0.25, -0.2) is 0 Å². The van der Waals surface area contributed by atoms with Crippen molar-refractivity contribution in [1.29, 1.82) is 0 Å². The van der Waals surface area contributed by atoms with Gasteiger partial charge in [0.1, 0.15) is 17.6 Å². The molecule has 0 amide bonds. The van der Waals surface area contributed by atoms with E-state index in [0.717, 1.165) is 26.7 Å². The standard InChI is InChI=1S/C17H19BrO3/c1-10-5-12(6-11(2)16(10)18)17(19)13-7-14(20-3)9-15(8-13)21-4/h5-9,17,19H,1-4H3. The quantitative estimate of drug-likeness (QED) is 0.899. The number of benzene rings is 2. The summed E-state index contributed by atoms with van der Waals surface area (Å²) in [6.45, 7) is 4.03. The van der Waals surface area contributed by atoms with Gasteiger partial charge < -0.3 is 14.6 Å². The molecule has 0 aliphatic carbocycles. The summed E-state index contributed by atoms with van der Waals surface area (Å²) in [6, 6.07) is 9.38. The van der Waals surface area contributed by atoms with E-state index in [1.807, 2.05) is 38.1 Å². The zero-order valence-corrected chi connectivity index (χ0v) is 14.2. The van der Waals surface area contributed by atoms with Crippen molar-refractivity contribution in [3.8, 4) is 11.5 Å². The SMILES string of the molecule is COc1cc(OC)cc(C(O)c2cc(C)c(Br)c(C)c2)c1. The van der Waals surface area contributed by atoms with Crippen LogP contribution in [0.1, 0.15) is 28.4 Å². The molecule has 0 saturated carbocycles. The van der Waals surface area contributed by atoms with Gasteiger partial charge in [-0.3, -0.25) is 0 Å². The third-order valence-electron chi connectivity index (χ3n) is 3.46. The van der Waals surface area contributed by atoms with Crippen LogP contribution in [0.25, 0.3) is 0 Å². The molecule has 0 radical (unpaired) electrons. The molecule has 1 unspecified atom stereocenters. The maximum absolute atomic E-state index is 10.6. The highest BCUT2D eigenvalue weighted by Gasteiger charge is 2.15. The van der Waals surface area contributed by atoms with Crippen LogP contribution in [-0.2, 0) is 0 Å². The van der Waals surface area contributed by atoms with Crippen molar-refractivity contribution in [2.75, 3.05) is 14.2 Å². The van der Waals surface area contributed by atoms with Gasteiger partial charge in [0.05, 0.1) is 14.2 Å². The maximum atomic E-state index is 10.6. The molecule has 0 bridgehead atoms. The lowest BCUT2D eigenvalue weighted by Gasteiger charge is -2.16. The Kier molecular flexibility index (Phi) is 4.91. The number of methoxy groups -OCH3 is 2. The van der Waals surface area contributed by atoms with E-state index in [4.69, 9.17) is 9.47 Å². The van der Waals surface area contributed by atoms with Gasteiger partial charge in [0, 0.05) is 10.5 Å². The molecular formula is C17H19BrO3. The Hall–Kier alpha value is -1.52. The molecule has 0 aliphatic heterocycles. The molecule has 0 fully saturated rings. The minimum Gasteiger partial charge on any atom is -0.497 e. The molecular weight excluding hydrogens is 332 g/mol. The smallest absolute Gasteiger partial charge is 0.122 e. The number of aryl methyl sites for hydroxylation is 2. The van der Waals surface area contributed by atoms with Crippen molar-refractivity contribution in [2.45, 2.75) is 20.0 Å². The van der Waals surface area contributed by atoms with Gasteiger partial charge in [-0.2, -0.15) is 0 Å². The molecule has 2 rings (SSSR count). The number of ether oxygens (including phenoxy) is 2. The van der Waals surface area contributed by atoms with Crippen molar-refractivity contribution in [3.63, 3.8) is 0 Å². The van der Waals surface area contributed by atoms with Gasteiger partial charge in [-0.05, 0) is 48.2 Å². The summed E-state index contributed by atoms with van der Waals surface area (Å²) >= 11 is 3.54. The number of halogens is 1. The average Bonchev–Trinajstić information content (AvgIpc) is 2.50. The van der Waals surface area contributed by atoms with Crippen LogP contribution in [0.2, 0.25) is 0 Å². The Balaban J connectivity index is 2.46. The van der Waals surface area contributed by atoms with Crippen LogP contribution in [-0.4, -0.2) is 19.3 Å². The van der Waals surface area contributed by atoms with Gasteiger partial charge in [-0.15, -0.1) is 0 Å². The zero-order chi connectivity index (χ0) is 15.6. The van der Waals surface area contributed by atoms with Crippen LogP contribution in [0.3, 0.4) is 0 Å². The third kappa shape index (κ3) is 3.39. The highest BCUT2D eigenvalue weighted by Crippen LogP contribution is 2.32. The van der Waals surface area contributed by atoms with Crippen molar-refractivity contribution in [1.82, 2.24) is 0 Å². The molecule has 1 atom stereocenters. The fraction of sp³-hybridized carbons (Fsp3) is 0.294. The summed E-state index contributed by atoms with van der Waals surface area (Å²) in [7, 11) is 3.19. The van der Waals surface area contributed by atoms with Crippen LogP contribution < -0.4 is 9.47 Å². The molecule has 1 N–H and O–H groups in total. The first-order valence-corrected chi connectivity index (χ1v) is 7.43. The molecule has 21 heavy (non-hydrogen) atoms. The fourth-order valence-electron chi connectivity index (χ4n) is 2.32. The molecule has 0 aromatic heterocycles. The molecule has 112 valence electrons. The fourth-order valence-corrected chi connectivity index (χ4v) is 2.55. The van der Waals surface area contributed by atoms with E-state index in [1.54, 1.807) is 20.3 Å². The molecule has 3 nitrogen and oxygen atoms in total. The summed E-state index contributed by atoms with van der Waals surface area (Å²) in [5, 5.41) is 10.6. The van der Waals surface area contributed by atoms with Crippen LogP contribution >= 0.6 is 15.9 Å². The van der Waals surface area contributed by atoms with Gasteiger partial charge in [-0.1, -0.05) is 28.1 Å². The predicted molar refractivity (Wildman–Crippen MR) is 87.2 cm³/mol. The lowest BCUT2D eigenvalue weighted by Crippen LogP contribution is -2.02. The van der Waals surface area contributed by atoms with Crippen molar-refractivity contribution < 1.29 is 14.6 Å². The average molecular weight is 351 g/mol. The van der Waals surface area contributed by atoms with Gasteiger partial charge in [0.15, 0.2) is 0 Å². The van der Waals surface area contributed by atoms with Crippen LogP contribution in [0.4, 0.5) is 0 Å². The van der Waals surface area contributed by atoms with E-state index in [1.165, 1.54) is 0 Å². The van der Waals surface area contributed by atoms with Crippen molar-refractivity contribution >= 4 is 15.9 Å². The first-order chi connectivity index (χ1) is 9.96. The number of hydrogen-bond acceptors (Lipinski definition) is 3. The Bertz CT molecular complexity index is 607. The largest absolute Gasteiger partial charge is 0.497 e. The zero-order valence-electron chi connectivity index (χ0n) is 12.6. The monoisotopic (exact) mass is 350 g/mol. The van der Waals surface area contributed by atoms with E-state index in [-0.39, 0.29) is 0 Å². The summed E-state index contributed by atoms with van der Waals surface area (Å²) in [4.78, 5) is 0. The highest BCUT2D eigenvalue weighted by molar-refractivity contribution is 9.10. The lowest BCUT2D eigenvalue weighted by atomic mass is 9.97. The van der Waals surface area contributed by atoms with Gasteiger partial charge in [0.2, 0.25) is 0 Å². The normalized spacial score (nSPS) is 12.1. The van der Waals surface area contributed by atoms with E-state index in [2.05, 4.69) is 15.9 Å². The molecule has 2 aromatic rings. The summed E-state index contributed by atoms with van der Waals surface area (Å²) in [6.07, 6.45) is -0.723. The second-order valence-electron chi connectivity index (χ2n) is 5.02. The maximum Gasteiger partial charge on any atom is 0.122 e. The molecule has 0 spiro atoms. The third-order valence-corrected chi connectivity index (χ3v) is 4.71. The van der Waals surface area contributed by atoms with Crippen LogP contribution in [0, 0.1) is 13.8 Å². The Labute approximate surface area is 133 Å².